The summed E-state index contributed by atoms with van der Waals surface area (Å²) in [7, 11) is 0. The number of carboxylic acids is 1. The molecule has 0 aliphatic carbocycles. The van der Waals surface area contributed by atoms with Crippen LogP contribution >= 0.6 is 0 Å². The van der Waals surface area contributed by atoms with E-state index in [1.165, 1.54) is 0 Å². The van der Waals surface area contributed by atoms with Crippen LogP contribution in [0.25, 0.3) is 0 Å². The fourth-order valence-corrected chi connectivity index (χ4v) is 2.37. The predicted octanol–water partition coefficient (Wildman–Crippen LogP) is 0.603. The Balaban J connectivity index is 2.39. The van der Waals surface area contributed by atoms with Crippen LogP contribution in [0.5, 0.6) is 0 Å². The average molecular weight is 301 g/mol. The van der Waals surface area contributed by atoms with Crippen LogP contribution < -0.4 is 5.32 Å². The fourth-order valence-electron chi connectivity index (χ4n) is 2.37. The molecular weight excluding hydrogens is 274 g/mol. The van der Waals surface area contributed by atoms with Gasteiger partial charge in [0.2, 0.25) is 0 Å². The standard InChI is InChI=1S/C14H27N3O4/c1-4-21-14(2,3)11-15-13(20)17-7-5-6-16(8-9-17)10-12(18)19/h4-11H2,1-3H3,(H,15,20)(H,18,19). The zero-order valence-corrected chi connectivity index (χ0v) is 13.2. The van der Waals surface area contributed by atoms with E-state index in [1.54, 1.807) is 4.90 Å². The van der Waals surface area contributed by atoms with Crippen LogP contribution in [0, 0.1) is 0 Å². The summed E-state index contributed by atoms with van der Waals surface area (Å²) in [5.74, 6) is -0.827. The topological polar surface area (TPSA) is 82.1 Å². The van der Waals surface area contributed by atoms with Gasteiger partial charge in [0.15, 0.2) is 0 Å². The van der Waals surface area contributed by atoms with Crippen molar-refractivity contribution in [2.24, 2.45) is 0 Å². The highest BCUT2D eigenvalue weighted by Crippen LogP contribution is 2.08. The molecule has 1 fully saturated rings. The van der Waals surface area contributed by atoms with Gasteiger partial charge in [-0.05, 0) is 27.2 Å². The number of aliphatic carboxylic acids is 1. The molecule has 1 rings (SSSR count). The van der Waals surface area contributed by atoms with Gasteiger partial charge in [-0.15, -0.1) is 0 Å². The number of nitrogens with zero attached hydrogens (tertiary/aromatic N) is 2. The van der Waals surface area contributed by atoms with Crippen LogP contribution in [-0.4, -0.2) is 78.4 Å². The van der Waals surface area contributed by atoms with Crippen molar-refractivity contribution in [3.05, 3.63) is 0 Å². The summed E-state index contributed by atoms with van der Waals surface area (Å²) in [6.07, 6.45) is 0.787. The Morgan fingerprint density at radius 3 is 2.57 bits per heavy atom. The van der Waals surface area contributed by atoms with Gasteiger partial charge >= 0.3 is 12.0 Å². The van der Waals surface area contributed by atoms with Crippen molar-refractivity contribution in [1.29, 1.82) is 0 Å². The van der Waals surface area contributed by atoms with Crippen molar-refractivity contribution in [2.75, 3.05) is 45.9 Å². The minimum absolute atomic E-state index is 0.0346. The Bertz CT molecular complexity index is 360. The van der Waals surface area contributed by atoms with Gasteiger partial charge in [-0.2, -0.15) is 0 Å². The summed E-state index contributed by atoms with van der Waals surface area (Å²) in [6, 6.07) is -0.111. The van der Waals surface area contributed by atoms with Crippen LogP contribution in [0.1, 0.15) is 27.2 Å². The van der Waals surface area contributed by atoms with Crippen molar-refractivity contribution in [3.8, 4) is 0 Å². The summed E-state index contributed by atoms with van der Waals surface area (Å²) >= 11 is 0. The largest absolute Gasteiger partial charge is 0.480 e. The maximum absolute atomic E-state index is 12.2. The SMILES string of the molecule is CCOC(C)(C)CNC(=O)N1CCCN(CC(=O)O)CC1. The molecule has 21 heavy (non-hydrogen) atoms. The van der Waals surface area contributed by atoms with E-state index in [1.807, 2.05) is 25.7 Å². The van der Waals surface area contributed by atoms with E-state index in [2.05, 4.69) is 5.32 Å². The van der Waals surface area contributed by atoms with Crippen LogP contribution in [0.3, 0.4) is 0 Å². The lowest BCUT2D eigenvalue weighted by Crippen LogP contribution is -2.47. The monoisotopic (exact) mass is 301 g/mol. The molecule has 0 atom stereocenters. The zero-order valence-electron chi connectivity index (χ0n) is 13.2. The smallest absolute Gasteiger partial charge is 0.317 e. The van der Waals surface area contributed by atoms with Crippen molar-refractivity contribution in [1.82, 2.24) is 15.1 Å². The number of urea groups is 1. The molecule has 1 heterocycles. The maximum Gasteiger partial charge on any atom is 0.317 e. The third-order valence-corrected chi connectivity index (χ3v) is 3.44. The highest BCUT2D eigenvalue weighted by Gasteiger charge is 2.23. The number of nitrogens with one attached hydrogen (secondary N) is 1. The van der Waals surface area contributed by atoms with Gasteiger partial charge in [-0.25, -0.2) is 4.79 Å². The van der Waals surface area contributed by atoms with E-state index in [4.69, 9.17) is 9.84 Å². The molecule has 0 aromatic carbocycles. The Hall–Kier alpha value is -1.34. The second kappa shape index (κ2) is 8.19. The van der Waals surface area contributed by atoms with Crippen molar-refractivity contribution < 1.29 is 19.4 Å². The quantitative estimate of drug-likeness (QED) is 0.751. The molecule has 2 amide bonds. The van der Waals surface area contributed by atoms with Crippen LogP contribution in [0.2, 0.25) is 0 Å². The predicted molar refractivity (Wildman–Crippen MR) is 79.4 cm³/mol. The van der Waals surface area contributed by atoms with Gasteiger partial charge in [-0.1, -0.05) is 0 Å². The summed E-state index contributed by atoms with van der Waals surface area (Å²) in [6.45, 7) is 9.40. The lowest BCUT2D eigenvalue weighted by atomic mass is 10.1. The highest BCUT2D eigenvalue weighted by molar-refractivity contribution is 5.74. The summed E-state index contributed by atoms with van der Waals surface area (Å²) < 4.78 is 5.55. The van der Waals surface area contributed by atoms with Crippen molar-refractivity contribution in [3.63, 3.8) is 0 Å². The van der Waals surface area contributed by atoms with E-state index < -0.39 is 5.97 Å². The Kier molecular flexibility index (Phi) is 6.91. The number of carboxylic acid groups (broad SMARTS) is 1. The molecule has 0 radical (unpaired) electrons. The van der Waals surface area contributed by atoms with Gasteiger partial charge in [0.1, 0.15) is 0 Å². The van der Waals surface area contributed by atoms with Crippen molar-refractivity contribution >= 4 is 12.0 Å². The first kappa shape index (κ1) is 17.7. The molecule has 0 unspecified atom stereocenters. The molecule has 7 nitrogen and oxygen atoms in total. The Labute approximate surface area is 126 Å². The van der Waals surface area contributed by atoms with E-state index >= 15 is 0 Å². The van der Waals surface area contributed by atoms with Crippen LogP contribution in [0.15, 0.2) is 0 Å². The van der Waals surface area contributed by atoms with Gasteiger partial charge in [0, 0.05) is 39.3 Å². The number of amides is 2. The minimum atomic E-state index is -0.827. The number of ether oxygens (including phenoxy) is 1. The molecule has 0 spiro atoms. The van der Waals surface area contributed by atoms with E-state index in [0.717, 1.165) is 6.42 Å². The molecule has 1 aliphatic heterocycles. The lowest BCUT2D eigenvalue weighted by molar-refractivity contribution is -0.138. The molecule has 7 heteroatoms. The molecule has 0 saturated carbocycles. The molecule has 2 N–H and O–H groups in total. The Morgan fingerprint density at radius 2 is 1.95 bits per heavy atom. The number of carbonyl (C=O) groups is 2. The molecular formula is C14H27N3O4. The first-order valence-corrected chi connectivity index (χ1v) is 7.45. The van der Waals surface area contributed by atoms with Crippen LogP contribution in [0.4, 0.5) is 4.79 Å². The molecule has 0 aromatic rings. The molecule has 1 aliphatic rings. The first-order chi connectivity index (χ1) is 9.84. The molecule has 0 bridgehead atoms. The Morgan fingerprint density at radius 1 is 1.24 bits per heavy atom. The van der Waals surface area contributed by atoms with Gasteiger partial charge < -0.3 is 20.1 Å². The van der Waals surface area contributed by atoms with E-state index in [9.17, 15) is 9.59 Å². The van der Waals surface area contributed by atoms with E-state index in [-0.39, 0.29) is 18.2 Å². The van der Waals surface area contributed by atoms with Gasteiger partial charge in [0.05, 0.1) is 12.1 Å². The first-order valence-electron chi connectivity index (χ1n) is 7.45. The molecule has 122 valence electrons. The number of rotatable bonds is 6. The average Bonchev–Trinajstić information content (AvgIpc) is 2.61. The summed E-state index contributed by atoms with van der Waals surface area (Å²) in [5.41, 5.74) is -0.383. The van der Waals surface area contributed by atoms with Crippen molar-refractivity contribution in [2.45, 2.75) is 32.8 Å². The maximum atomic E-state index is 12.2. The summed E-state index contributed by atoms with van der Waals surface area (Å²) in [4.78, 5) is 26.5. The van der Waals surface area contributed by atoms with E-state index in [0.29, 0.717) is 39.3 Å². The fraction of sp³-hybridized carbons (Fsp3) is 0.857. The minimum Gasteiger partial charge on any atom is -0.480 e. The number of carbonyl (C=O) groups excluding carboxylic acids is 1. The second-order valence-corrected chi connectivity index (χ2v) is 5.86. The van der Waals surface area contributed by atoms with Crippen LogP contribution in [-0.2, 0) is 9.53 Å². The molecule has 1 saturated heterocycles. The summed E-state index contributed by atoms with van der Waals surface area (Å²) in [5, 5.41) is 11.7. The van der Waals surface area contributed by atoms with Gasteiger partial charge in [-0.3, -0.25) is 9.69 Å². The zero-order chi connectivity index (χ0) is 15.9. The highest BCUT2D eigenvalue weighted by atomic mass is 16.5. The molecule has 0 aromatic heterocycles. The number of hydrogen-bond acceptors (Lipinski definition) is 4. The normalized spacial score (nSPS) is 17.4. The lowest BCUT2D eigenvalue weighted by Gasteiger charge is -2.27. The third kappa shape index (κ3) is 6.77. The third-order valence-electron chi connectivity index (χ3n) is 3.44. The number of hydrogen-bond donors (Lipinski definition) is 2. The second-order valence-electron chi connectivity index (χ2n) is 5.86. The van der Waals surface area contributed by atoms with Gasteiger partial charge in [0.25, 0.3) is 0 Å².